The lowest BCUT2D eigenvalue weighted by atomic mass is 10.1. The lowest BCUT2D eigenvalue weighted by Crippen LogP contribution is -1.95. The molecule has 4 aromatic heterocycles. The molecule has 0 radical (unpaired) electrons. The Morgan fingerprint density at radius 3 is 2.21 bits per heavy atom. The molecule has 0 amide bonds. The number of hydrogen-bond acceptors (Lipinski definition) is 2. The summed E-state index contributed by atoms with van der Waals surface area (Å²) in [5.74, 6) is 0. The Hall–Kier alpha value is -4.70. The highest BCUT2D eigenvalue weighted by Gasteiger charge is 2.18. The second-order valence-electron chi connectivity index (χ2n) is 8.73. The van der Waals surface area contributed by atoms with Gasteiger partial charge in [-0.05, 0) is 54.6 Å². The summed E-state index contributed by atoms with van der Waals surface area (Å²) in [5, 5.41) is 4.69. The Morgan fingerprint density at radius 1 is 0.529 bits per heavy atom. The molecule has 0 aliphatic rings. The molecule has 0 fully saturated rings. The fraction of sp³-hybridized carbons (Fsp3) is 0. The highest BCUT2D eigenvalue weighted by Crippen LogP contribution is 2.38. The van der Waals surface area contributed by atoms with Crippen molar-refractivity contribution in [2.24, 2.45) is 0 Å². The van der Waals surface area contributed by atoms with Crippen LogP contribution >= 0.6 is 0 Å². The number of nitrogens with zero attached hydrogens (tertiary/aromatic N) is 4. The van der Waals surface area contributed by atoms with Crippen molar-refractivity contribution in [3.05, 3.63) is 109 Å². The summed E-state index contributed by atoms with van der Waals surface area (Å²) in [5.41, 5.74) is 8.64. The summed E-state index contributed by atoms with van der Waals surface area (Å²) in [6.07, 6.45) is 1.88. The van der Waals surface area contributed by atoms with E-state index in [4.69, 9.17) is 9.97 Å². The average Bonchev–Trinajstić information content (AvgIpc) is 3.44. The van der Waals surface area contributed by atoms with Crippen molar-refractivity contribution in [3.63, 3.8) is 0 Å². The van der Waals surface area contributed by atoms with Crippen LogP contribution in [0.3, 0.4) is 0 Å². The van der Waals surface area contributed by atoms with Crippen LogP contribution in [0, 0.1) is 0 Å². The number of hydrogen-bond donors (Lipinski definition) is 0. The van der Waals surface area contributed by atoms with Crippen molar-refractivity contribution >= 4 is 60.3 Å². The molecule has 4 heterocycles. The molecule has 8 aromatic rings. The Bertz CT molecular complexity index is 2060. The second kappa shape index (κ2) is 6.42. The molecule has 34 heavy (non-hydrogen) atoms. The Balaban J connectivity index is 1.67. The quantitative estimate of drug-likeness (QED) is 0.254. The minimum absolute atomic E-state index is 0.968. The normalized spacial score (nSPS) is 12.1. The third-order valence-electron chi connectivity index (χ3n) is 6.91. The molecule has 0 N–H and O–H groups in total. The lowest BCUT2D eigenvalue weighted by Gasteiger charge is -2.11. The second-order valence-corrected chi connectivity index (χ2v) is 8.73. The van der Waals surface area contributed by atoms with Crippen molar-refractivity contribution in [1.29, 1.82) is 0 Å². The number of aromatic nitrogens is 4. The van der Waals surface area contributed by atoms with Gasteiger partial charge in [0.2, 0.25) is 0 Å². The number of benzene rings is 4. The number of imidazole rings is 1. The van der Waals surface area contributed by atoms with Crippen LogP contribution in [0.15, 0.2) is 109 Å². The van der Waals surface area contributed by atoms with Gasteiger partial charge in [0.1, 0.15) is 5.65 Å². The molecule has 4 aromatic carbocycles. The van der Waals surface area contributed by atoms with Gasteiger partial charge >= 0.3 is 0 Å². The van der Waals surface area contributed by atoms with Gasteiger partial charge in [0.15, 0.2) is 0 Å². The highest BCUT2D eigenvalue weighted by atomic mass is 15.0. The molecule has 158 valence electrons. The standard InChI is InChI=1S/C30H18N4/c1-2-9-19(10-3-1)33-25-13-6-4-11-20(25)21-17-23-22(18-28(21)33)29-27(15-8-16-31-29)34-26-14-7-5-12-24(26)32-30(23)34/h1-18H. The van der Waals surface area contributed by atoms with E-state index in [1.54, 1.807) is 0 Å². The highest BCUT2D eigenvalue weighted by molar-refractivity contribution is 6.20. The largest absolute Gasteiger partial charge is 0.309 e. The van der Waals surface area contributed by atoms with Crippen LogP contribution in [0.2, 0.25) is 0 Å². The summed E-state index contributed by atoms with van der Waals surface area (Å²) < 4.78 is 4.60. The van der Waals surface area contributed by atoms with Crippen LogP contribution in [0.4, 0.5) is 0 Å². The van der Waals surface area contributed by atoms with E-state index in [2.05, 4.69) is 100.0 Å². The molecule has 0 bridgehead atoms. The van der Waals surface area contributed by atoms with E-state index in [9.17, 15) is 0 Å². The minimum atomic E-state index is 0.968. The van der Waals surface area contributed by atoms with E-state index in [1.807, 2.05) is 18.3 Å². The Labute approximate surface area is 194 Å². The topological polar surface area (TPSA) is 35.1 Å². The minimum Gasteiger partial charge on any atom is -0.309 e. The average molecular weight is 435 g/mol. The maximum atomic E-state index is 5.07. The van der Waals surface area contributed by atoms with Gasteiger partial charge in [-0.1, -0.05) is 48.5 Å². The van der Waals surface area contributed by atoms with Gasteiger partial charge in [-0.2, -0.15) is 0 Å². The summed E-state index contributed by atoms with van der Waals surface area (Å²) in [7, 11) is 0. The smallest absolute Gasteiger partial charge is 0.146 e. The van der Waals surface area contributed by atoms with Crippen molar-refractivity contribution in [2.45, 2.75) is 0 Å². The van der Waals surface area contributed by atoms with Crippen LogP contribution in [0.5, 0.6) is 0 Å². The molecule has 0 atom stereocenters. The van der Waals surface area contributed by atoms with E-state index >= 15 is 0 Å². The molecule has 4 nitrogen and oxygen atoms in total. The predicted molar refractivity (Wildman–Crippen MR) is 140 cm³/mol. The van der Waals surface area contributed by atoms with E-state index in [0.29, 0.717) is 0 Å². The van der Waals surface area contributed by atoms with E-state index < -0.39 is 0 Å². The van der Waals surface area contributed by atoms with Crippen LogP contribution in [0.25, 0.3) is 66.0 Å². The van der Waals surface area contributed by atoms with Crippen LogP contribution in [-0.2, 0) is 0 Å². The number of para-hydroxylation sites is 4. The molecule has 4 heteroatoms. The first-order chi connectivity index (χ1) is 16.9. The predicted octanol–water partition coefficient (Wildman–Crippen LogP) is 7.29. The zero-order valence-corrected chi connectivity index (χ0v) is 18.2. The molecule has 0 spiro atoms. The molecule has 0 saturated heterocycles. The maximum Gasteiger partial charge on any atom is 0.146 e. The van der Waals surface area contributed by atoms with E-state index in [0.717, 1.165) is 44.2 Å². The zero-order chi connectivity index (χ0) is 22.2. The number of pyridine rings is 2. The number of rotatable bonds is 1. The van der Waals surface area contributed by atoms with Gasteiger partial charge in [0, 0.05) is 33.4 Å². The fourth-order valence-electron chi connectivity index (χ4n) is 5.49. The molecule has 0 unspecified atom stereocenters. The van der Waals surface area contributed by atoms with Crippen LogP contribution in [0.1, 0.15) is 0 Å². The molecular formula is C30H18N4. The zero-order valence-electron chi connectivity index (χ0n) is 18.2. The molecule has 8 rings (SSSR count). The van der Waals surface area contributed by atoms with E-state index in [-0.39, 0.29) is 0 Å². The SMILES string of the molecule is c1ccc(-n2c3ccccc3c3cc4c(cc32)c2ncccc2n2c3ccccc3nc42)cc1. The van der Waals surface area contributed by atoms with Gasteiger partial charge in [0.25, 0.3) is 0 Å². The van der Waals surface area contributed by atoms with Crippen molar-refractivity contribution in [3.8, 4) is 5.69 Å². The summed E-state index contributed by atoms with van der Waals surface area (Å²) in [6.45, 7) is 0. The molecule has 0 aliphatic heterocycles. The lowest BCUT2D eigenvalue weighted by molar-refractivity contribution is 1.18. The van der Waals surface area contributed by atoms with Gasteiger partial charge in [-0.25, -0.2) is 4.98 Å². The van der Waals surface area contributed by atoms with Crippen molar-refractivity contribution in [2.75, 3.05) is 0 Å². The number of fused-ring (bicyclic) bond motifs is 11. The third kappa shape index (κ3) is 2.22. The van der Waals surface area contributed by atoms with Gasteiger partial charge in [0.05, 0.1) is 33.1 Å². The fourth-order valence-corrected chi connectivity index (χ4v) is 5.49. The van der Waals surface area contributed by atoms with Gasteiger partial charge in [-0.3, -0.25) is 9.38 Å². The first-order valence-corrected chi connectivity index (χ1v) is 11.4. The first-order valence-electron chi connectivity index (χ1n) is 11.4. The maximum absolute atomic E-state index is 5.07. The molecular weight excluding hydrogens is 416 g/mol. The Kier molecular flexibility index (Phi) is 3.36. The van der Waals surface area contributed by atoms with Crippen LogP contribution < -0.4 is 0 Å². The van der Waals surface area contributed by atoms with Crippen molar-refractivity contribution < 1.29 is 0 Å². The van der Waals surface area contributed by atoms with Crippen molar-refractivity contribution in [1.82, 2.24) is 18.9 Å². The summed E-state index contributed by atoms with van der Waals surface area (Å²) >= 11 is 0. The third-order valence-corrected chi connectivity index (χ3v) is 6.91. The van der Waals surface area contributed by atoms with Gasteiger partial charge in [-0.15, -0.1) is 0 Å². The van der Waals surface area contributed by atoms with Crippen LogP contribution in [-0.4, -0.2) is 18.9 Å². The first kappa shape index (κ1) is 17.8. The molecule has 0 saturated carbocycles. The molecule has 0 aliphatic carbocycles. The van der Waals surface area contributed by atoms with Gasteiger partial charge < -0.3 is 4.57 Å². The summed E-state index contributed by atoms with van der Waals surface area (Å²) in [6, 6.07) is 36.3. The summed E-state index contributed by atoms with van der Waals surface area (Å²) in [4.78, 5) is 9.92. The van der Waals surface area contributed by atoms with E-state index in [1.165, 1.54) is 21.8 Å². The monoisotopic (exact) mass is 434 g/mol. The Morgan fingerprint density at radius 2 is 1.29 bits per heavy atom.